The van der Waals surface area contributed by atoms with Gasteiger partial charge in [0.25, 0.3) is 0 Å². The van der Waals surface area contributed by atoms with E-state index in [1.54, 1.807) is 10.6 Å². The third kappa shape index (κ3) is 2.87. The second-order valence-corrected chi connectivity index (χ2v) is 5.09. The van der Waals surface area contributed by atoms with Gasteiger partial charge in [0.15, 0.2) is 0 Å². The first-order chi connectivity index (χ1) is 3.85. The van der Waals surface area contributed by atoms with E-state index in [0.717, 1.165) is 0 Å². The van der Waals surface area contributed by atoms with Crippen molar-refractivity contribution in [1.29, 1.82) is 0 Å². The first-order valence-electron chi connectivity index (χ1n) is 2.91. The molecule has 0 rings (SSSR count). The molecule has 1 unspecified atom stereocenters. The van der Waals surface area contributed by atoms with Crippen molar-refractivity contribution in [1.82, 2.24) is 4.31 Å². The van der Waals surface area contributed by atoms with Gasteiger partial charge in [0.05, 0.1) is 0 Å². The molecule has 3 heteroatoms. The van der Waals surface area contributed by atoms with Crippen LogP contribution in [0.4, 0.5) is 0 Å². The molecule has 0 bridgehead atoms. The van der Waals surface area contributed by atoms with Gasteiger partial charge in [-0.15, -0.1) is 0 Å². The lowest BCUT2D eigenvalue weighted by molar-refractivity contribution is 0.444. The van der Waals surface area contributed by atoms with E-state index in [2.05, 4.69) is 5.87 Å². The quantitative estimate of drug-likeness (QED) is 0.526. The van der Waals surface area contributed by atoms with Crippen molar-refractivity contribution in [3.8, 4) is 0 Å². The van der Waals surface area contributed by atoms with Gasteiger partial charge in [0.1, 0.15) is 0 Å². The fourth-order valence-corrected chi connectivity index (χ4v) is 1.34. The van der Waals surface area contributed by atoms with Gasteiger partial charge in [-0.1, -0.05) is 0 Å². The van der Waals surface area contributed by atoms with Crippen LogP contribution in [0.25, 0.3) is 0 Å². The summed E-state index contributed by atoms with van der Waals surface area (Å²) in [6, 6.07) is 0.306. The summed E-state index contributed by atoms with van der Waals surface area (Å²) < 4.78 is 12.9. The third-order valence-electron chi connectivity index (χ3n) is 1.34. The molecule has 0 aliphatic rings. The summed E-state index contributed by atoms with van der Waals surface area (Å²) in [5.41, 5.74) is 0. The summed E-state index contributed by atoms with van der Waals surface area (Å²) in [5.74, 6) is 3.55. The van der Waals surface area contributed by atoms with E-state index < -0.39 is 9.71 Å². The molecule has 1 atom stereocenters. The van der Waals surface area contributed by atoms with Crippen molar-refractivity contribution in [3.63, 3.8) is 0 Å². The van der Waals surface area contributed by atoms with Crippen molar-refractivity contribution >= 4 is 15.6 Å². The fourth-order valence-electron chi connectivity index (χ4n) is 0.446. The molecule has 0 spiro atoms. The van der Waals surface area contributed by atoms with Crippen LogP contribution >= 0.6 is 0 Å². The van der Waals surface area contributed by atoms with Crippen LogP contribution in [0.5, 0.6) is 0 Å². The first-order valence-corrected chi connectivity index (χ1v) is 5.00. The highest BCUT2D eigenvalue weighted by atomic mass is 32.2. The zero-order valence-electron chi connectivity index (χ0n) is 6.55. The Hall–Kier alpha value is -0.0200. The number of hydrogen-bond donors (Lipinski definition) is 0. The van der Waals surface area contributed by atoms with Crippen molar-refractivity contribution in [3.05, 3.63) is 0 Å². The van der Waals surface area contributed by atoms with Gasteiger partial charge in [-0.3, -0.25) is 4.21 Å². The summed E-state index contributed by atoms with van der Waals surface area (Å²) in [7, 11) is -0.149. The van der Waals surface area contributed by atoms with Crippen LogP contribution in [0.2, 0.25) is 0 Å². The monoisotopic (exact) mass is 149 g/mol. The summed E-state index contributed by atoms with van der Waals surface area (Å²) in [6.45, 7) is 3.99. The van der Waals surface area contributed by atoms with Gasteiger partial charge in [-0.2, -0.15) is 0 Å². The lowest BCUT2D eigenvalue weighted by Crippen LogP contribution is -2.31. The minimum Gasteiger partial charge on any atom is -0.253 e. The van der Waals surface area contributed by atoms with Crippen LogP contribution < -0.4 is 0 Å². The van der Waals surface area contributed by atoms with E-state index in [9.17, 15) is 4.21 Å². The molecule has 0 radical (unpaired) electrons. The average molecular weight is 149 g/mol. The zero-order valence-corrected chi connectivity index (χ0v) is 7.36. The number of rotatable bonds is 2. The highest BCUT2D eigenvalue weighted by Crippen LogP contribution is 1.98. The summed E-state index contributed by atoms with van der Waals surface area (Å²) in [5, 5.41) is 0. The molecule has 0 amide bonds. The topological polar surface area (TPSA) is 20.3 Å². The molecule has 0 aromatic carbocycles. The fraction of sp³-hybridized carbons (Fsp3) is 0.833. The van der Waals surface area contributed by atoms with Crippen molar-refractivity contribution in [2.75, 3.05) is 13.3 Å². The molecule has 0 aliphatic heterocycles. The number of nitrogens with zero attached hydrogens (tertiary/aromatic N) is 1. The molecule has 0 saturated carbocycles. The Morgan fingerprint density at radius 3 is 1.89 bits per heavy atom. The largest absolute Gasteiger partial charge is 0.253 e. The molecule has 56 valence electrons. The Morgan fingerprint density at radius 1 is 1.56 bits per heavy atom. The molecule has 0 aliphatic carbocycles. The molecule has 0 N–H and O–H groups in total. The van der Waals surface area contributed by atoms with Gasteiger partial charge in [0.2, 0.25) is 0 Å². The van der Waals surface area contributed by atoms with E-state index in [1.165, 1.54) is 0 Å². The Balaban J connectivity index is 4.24. The van der Waals surface area contributed by atoms with Crippen LogP contribution in [-0.4, -0.2) is 33.7 Å². The van der Waals surface area contributed by atoms with Gasteiger partial charge in [-0.05, 0) is 26.8 Å². The Morgan fingerprint density at radius 2 is 1.89 bits per heavy atom. The van der Waals surface area contributed by atoms with Crippen LogP contribution in [0.1, 0.15) is 13.8 Å². The maximum absolute atomic E-state index is 11.1. The SMILES string of the molecule is C=S(C)(=O)N(C)C(C)C. The summed E-state index contributed by atoms with van der Waals surface area (Å²) in [4.78, 5) is 0. The zero-order chi connectivity index (χ0) is 7.65. The molecular weight excluding hydrogens is 134 g/mol. The van der Waals surface area contributed by atoms with Crippen LogP contribution in [0.15, 0.2) is 0 Å². The van der Waals surface area contributed by atoms with Gasteiger partial charge >= 0.3 is 0 Å². The minimum absolute atomic E-state index is 0.306. The van der Waals surface area contributed by atoms with Gasteiger partial charge in [-0.25, -0.2) is 4.31 Å². The smallest absolute Gasteiger partial charge is 0.0245 e. The Kier molecular flexibility index (Phi) is 2.70. The van der Waals surface area contributed by atoms with Crippen LogP contribution in [0.3, 0.4) is 0 Å². The van der Waals surface area contributed by atoms with Crippen molar-refractivity contribution in [2.24, 2.45) is 0 Å². The van der Waals surface area contributed by atoms with Crippen LogP contribution in [-0.2, 0) is 9.71 Å². The predicted molar refractivity (Wildman–Crippen MR) is 44.1 cm³/mol. The third-order valence-corrected chi connectivity index (χ3v) is 2.98. The van der Waals surface area contributed by atoms with E-state index in [-0.39, 0.29) is 0 Å². The van der Waals surface area contributed by atoms with Gasteiger partial charge in [0, 0.05) is 22.0 Å². The van der Waals surface area contributed by atoms with E-state index in [1.807, 2.05) is 20.9 Å². The average Bonchev–Trinajstić information content (AvgIpc) is 1.62. The maximum Gasteiger partial charge on any atom is 0.0245 e. The second-order valence-electron chi connectivity index (χ2n) is 2.60. The Labute approximate surface area is 58.0 Å². The molecule has 0 saturated heterocycles. The molecule has 2 nitrogen and oxygen atoms in total. The highest BCUT2D eigenvalue weighted by Gasteiger charge is 2.07. The van der Waals surface area contributed by atoms with Gasteiger partial charge < -0.3 is 0 Å². The second kappa shape index (κ2) is 2.71. The van der Waals surface area contributed by atoms with Crippen molar-refractivity contribution in [2.45, 2.75) is 19.9 Å². The molecule has 9 heavy (non-hydrogen) atoms. The van der Waals surface area contributed by atoms with Crippen molar-refractivity contribution < 1.29 is 4.21 Å². The lowest BCUT2D eigenvalue weighted by Gasteiger charge is -2.21. The predicted octanol–water partition coefficient (Wildman–Crippen LogP) is 0.588. The number of hydrogen-bond acceptors (Lipinski definition) is 1. The molecule has 0 fully saturated rings. The normalized spacial score (nSPS) is 18.4. The summed E-state index contributed by atoms with van der Waals surface area (Å²) in [6.07, 6.45) is 1.65. The molecule has 0 aromatic rings. The summed E-state index contributed by atoms with van der Waals surface area (Å²) >= 11 is 0. The van der Waals surface area contributed by atoms with Crippen LogP contribution in [0, 0.1) is 0 Å². The molecular formula is C6H15NOS. The first kappa shape index (κ1) is 8.98. The van der Waals surface area contributed by atoms with E-state index >= 15 is 0 Å². The standard InChI is InChI=1S/C6H15NOS/c1-6(2)7(3)9(4,5)8/h6H,4H2,1-3,5H3. The maximum atomic E-state index is 11.1. The minimum atomic E-state index is -1.97. The lowest BCUT2D eigenvalue weighted by atomic mass is 10.4. The van der Waals surface area contributed by atoms with E-state index in [0.29, 0.717) is 6.04 Å². The molecule has 0 heterocycles. The highest BCUT2D eigenvalue weighted by molar-refractivity contribution is 7.97. The Bertz CT molecular complexity index is 169. The van der Waals surface area contributed by atoms with E-state index in [4.69, 9.17) is 0 Å². The molecule has 0 aromatic heterocycles.